The van der Waals surface area contributed by atoms with Crippen molar-refractivity contribution >= 4 is 29.2 Å². The van der Waals surface area contributed by atoms with Crippen LogP contribution in [-0.4, -0.2) is 24.5 Å². The second kappa shape index (κ2) is 7.75. The first-order valence-electron chi connectivity index (χ1n) is 6.45. The van der Waals surface area contributed by atoms with Crippen LogP contribution in [0.5, 0.6) is 0 Å². The van der Waals surface area contributed by atoms with Crippen molar-refractivity contribution in [2.24, 2.45) is 0 Å². The molecule has 0 heterocycles. The Morgan fingerprint density at radius 3 is 2.80 bits per heavy atom. The smallest absolute Gasteiger partial charge is 0.340 e. The molecular formula is C14H19ClN2O3. The van der Waals surface area contributed by atoms with Gasteiger partial charge >= 0.3 is 5.97 Å². The van der Waals surface area contributed by atoms with E-state index < -0.39 is 5.97 Å². The van der Waals surface area contributed by atoms with Crippen LogP contribution in [0.2, 0.25) is 5.02 Å². The van der Waals surface area contributed by atoms with Crippen LogP contribution in [0.3, 0.4) is 0 Å². The zero-order valence-corrected chi connectivity index (χ0v) is 12.4. The van der Waals surface area contributed by atoms with E-state index in [2.05, 4.69) is 5.32 Å². The molecule has 1 aromatic rings. The quantitative estimate of drug-likeness (QED) is 0.624. The van der Waals surface area contributed by atoms with Gasteiger partial charge in [-0.1, -0.05) is 24.9 Å². The molecule has 0 aliphatic rings. The van der Waals surface area contributed by atoms with Crippen molar-refractivity contribution in [1.29, 1.82) is 0 Å². The highest BCUT2D eigenvalue weighted by molar-refractivity contribution is 6.31. The molecule has 0 unspecified atom stereocenters. The van der Waals surface area contributed by atoms with Crippen LogP contribution in [0.15, 0.2) is 18.2 Å². The van der Waals surface area contributed by atoms with E-state index in [1.807, 2.05) is 13.8 Å². The van der Waals surface area contributed by atoms with Gasteiger partial charge in [0.05, 0.1) is 5.56 Å². The number of esters is 1. The Balaban J connectivity index is 2.51. The minimum Gasteiger partial charge on any atom is -0.452 e. The fraction of sp³-hybridized carbons (Fsp3) is 0.429. The van der Waals surface area contributed by atoms with Crippen molar-refractivity contribution in [2.75, 3.05) is 12.3 Å². The molecule has 6 heteroatoms. The maximum atomic E-state index is 11.8. The number of nitrogens with one attached hydrogen (secondary N) is 1. The lowest BCUT2D eigenvalue weighted by Gasteiger charge is -2.13. The number of hydrogen-bond donors (Lipinski definition) is 2. The van der Waals surface area contributed by atoms with Gasteiger partial charge in [0.2, 0.25) is 0 Å². The number of benzene rings is 1. The largest absolute Gasteiger partial charge is 0.452 e. The molecule has 0 spiro atoms. The number of carbonyl (C=O) groups excluding carboxylic acids is 2. The SMILES string of the molecule is CCC[C@H](C)NC(=O)COC(=O)c1cc(Cl)ccc1N. The molecule has 1 amide bonds. The third kappa shape index (κ3) is 5.09. The Morgan fingerprint density at radius 2 is 2.15 bits per heavy atom. The molecule has 3 N–H and O–H groups in total. The van der Waals surface area contributed by atoms with E-state index in [0.29, 0.717) is 5.02 Å². The fourth-order valence-electron chi connectivity index (χ4n) is 1.74. The summed E-state index contributed by atoms with van der Waals surface area (Å²) in [6, 6.07) is 4.56. The highest BCUT2D eigenvalue weighted by Gasteiger charge is 2.14. The highest BCUT2D eigenvalue weighted by Crippen LogP contribution is 2.18. The van der Waals surface area contributed by atoms with Gasteiger partial charge in [-0.25, -0.2) is 4.79 Å². The van der Waals surface area contributed by atoms with E-state index in [4.69, 9.17) is 22.1 Å². The standard InChI is InChI=1S/C14H19ClN2O3/c1-3-4-9(2)17-13(18)8-20-14(19)11-7-10(15)5-6-12(11)16/h5-7,9H,3-4,8,16H2,1-2H3,(H,17,18)/t9-/m0/s1. The number of amides is 1. The van der Waals surface area contributed by atoms with Crippen molar-refractivity contribution in [1.82, 2.24) is 5.32 Å². The Labute approximate surface area is 123 Å². The highest BCUT2D eigenvalue weighted by atomic mass is 35.5. The van der Waals surface area contributed by atoms with Gasteiger partial charge < -0.3 is 15.8 Å². The molecule has 0 aliphatic heterocycles. The molecule has 0 saturated carbocycles. The third-order valence-electron chi connectivity index (χ3n) is 2.70. The summed E-state index contributed by atoms with van der Waals surface area (Å²) in [5.41, 5.74) is 6.08. The molecule has 1 atom stereocenters. The molecule has 1 aromatic carbocycles. The Bertz CT molecular complexity index is 491. The number of hydrogen-bond acceptors (Lipinski definition) is 4. The number of halogens is 1. The molecule has 0 bridgehead atoms. The zero-order chi connectivity index (χ0) is 15.1. The van der Waals surface area contributed by atoms with Crippen LogP contribution in [0.4, 0.5) is 5.69 Å². The van der Waals surface area contributed by atoms with Gasteiger partial charge in [0.25, 0.3) is 5.91 Å². The first-order chi connectivity index (χ1) is 9.43. The van der Waals surface area contributed by atoms with Gasteiger partial charge in [-0.3, -0.25) is 4.79 Å². The Morgan fingerprint density at radius 1 is 1.45 bits per heavy atom. The summed E-state index contributed by atoms with van der Waals surface area (Å²) >= 11 is 5.78. The van der Waals surface area contributed by atoms with E-state index in [0.717, 1.165) is 12.8 Å². The summed E-state index contributed by atoms with van der Waals surface area (Å²) in [6.45, 7) is 3.60. The van der Waals surface area contributed by atoms with Crippen LogP contribution >= 0.6 is 11.6 Å². The molecule has 5 nitrogen and oxygen atoms in total. The van der Waals surface area contributed by atoms with E-state index >= 15 is 0 Å². The summed E-state index contributed by atoms with van der Waals surface area (Å²) in [4.78, 5) is 23.4. The van der Waals surface area contributed by atoms with Crippen molar-refractivity contribution in [3.63, 3.8) is 0 Å². The first-order valence-corrected chi connectivity index (χ1v) is 6.83. The minimum atomic E-state index is -0.664. The predicted molar refractivity (Wildman–Crippen MR) is 78.7 cm³/mol. The number of nitrogen functional groups attached to an aromatic ring is 1. The molecule has 0 radical (unpaired) electrons. The van der Waals surface area contributed by atoms with Crippen LogP contribution in [0.1, 0.15) is 37.0 Å². The number of rotatable bonds is 6. The predicted octanol–water partition coefficient (Wildman–Crippen LogP) is 2.38. The number of ether oxygens (including phenoxy) is 1. The monoisotopic (exact) mass is 298 g/mol. The molecule has 0 fully saturated rings. The second-order valence-electron chi connectivity index (χ2n) is 4.56. The van der Waals surface area contributed by atoms with Crippen molar-refractivity contribution in [3.05, 3.63) is 28.8 Å². The van der Waals surface area contributed by atoms with E-state index in [-0.39, 0.29) is 29.8 Å². The fourth-order valence-corrected chi connectivity index (χ4v) is 1.91. The van der Waals surface area contributed by atoms with Gasteiger partial charge in [0.1, 0.15) is 0 Å². The summed E-state index contributed by atoms with van der Waals surface area (Å²) in [5, 5.41) is 3.12. The average Bonchev–Trinajstić information content (AvgIpc) is 2.39. The summed E-state index contributed by atoms with van der Waals surface area (Å²) < 4.78 is 4.92. The molecule has 0 aliphatic carbocycles. The Kier molecular flexibility index (Phi) is 6.31. The van der Waals surface area contributed by atoms with Crippen molar-refractivity contribution in [2.45, 2.75) is 32.7 Å². The minimum absolute atomic E-state index is 0.0578. The topological polar surface area (TPSA) is 81.4 Å². The van der Waals surface area contributed by atoms with Crippen LogP contribution in [0.25, 0.3) is 0 Å². The van der Waals surface area contributed by atoms with Crippen LogP contribution in [-0.2, 0) is 9.53 Å². The van der Waals surface area contributed by atoms with Gasteiger partial charge in [-0.05, 0) is 31.5 Å². The van der Waals surface area contributed by atoms with Crippen LogP contribution < -0.4 is 11.1 Å². The second-order valence-corrected chi connectivity index (χ2v) is 5.00. The number of anilines is 1. The lowest BCUT2D eigenvalue weighted by atomic mass is 10.2. The maximum Gasteiger partial charge on any atom is 0.340 e. The molecular weight excluding hydrogens is 280 g/mol. The summed E-state index contributed by atoms with van der Waals surface area (Å²) in [7, 11) is 0. The maximum absolute atomic E-state index is 11.8. The average molecular weight is 299 g/mol. The molecule has 1 rings (SSSR count). The number of carbonyl (C=O) groups is 2. The third-order valence-corrected chi connectivity index (χ3v) is 2.93. The van der Waals surface area contributed by atoms with Crippen molar-refractivity contribution in [3.8, 4) is 0 Å². The lowest BCUT2D eigenvalue weighted by Crippen LogP contribution is -2.35. The van der Waals surface area contributed by atoms with Crippen molar-refractivity contribution < 1.29 is 14.3 Å². The Hall–Kier alpha value is -1.75. The molecule has 110 valence electrons. The lowest BCUT2D eigenvalue weighted by molar-refractivity contribution is -0.124. The van der Waals surface area contributed by atoms with Gasteiger partial charge in [-0.2, -0.15) is 0 Å². The summed E-state index contributed by atoms with van der Waals surface area (Å²) in [5.74, 6) is -0.997. The molecule has 20 heavy (non-hydrogen) atoms. The van der Waals surface area contributed by atoms with Gasteiger partial charge in [-0.15, -0.1) is 0 Å². The van der Waals surface area contributed by atoms with Gasteiger partial charge in [0, 0.05) is 16.8 Å². The molecule has 0 aromatic heterocycles. The number of nitrogens with two attached hydrogens (primary N) is 1. The van der Waals surface area contributed by atoms with E-state index in [9.17, 15) is 9.59 Å². The summed E-state index contributed by atoms with van der Waals surface area (Å²) in [6.07, 6.45) is 1.85. The zero-order valence-electron chi connectivity index (χ0n) is 11.6. The van der Waals surface area contributed by atoms with Crippen LogP contribution in [0, 0.1) is 0 Å². The van der Waals surface area contributed by atoms with E-state index in [1.165, 1.54) is 12.1 Å². The molecule has 0 saturated heterocycles. The first kappa shape index (κ1) is 16.3. The van der Waals surface area contributed by atoms with Gasteiger partial charge in [0.15, 0.2) is 6.61 Å². The van der Waals surface area contributed by atoms with E-state index in [1.54, 1.807) is 6.07 Å². The normalized spacial score (nSPS) is 11.8.